The Morgan fingerprint density at radius 2 is 1.86 bits per heavy atom. The zero-order chi connectivity index (χ0) is 16.1. The van der Waals surface area contributed by atoms with E-state index in [1.54, 1.807) is 31.2 Å². The van der Waals surface area contributed by atoms with Crippen molar-refractivity contribution in [2.45, 2.75) is 6.92 Å². The lowest BCUT2D eigenvalue weighted by molar-refractivity contribution is -0.107. The number of fused-ring (bicyclic) bond motifs is 1. The average molecular weight is 334 g/mol. The van der Waals surface area contributed by atoms with E-state index in [9.17, 15) is 14.4 Å². The molecule has 0 bridgehead atoms. The van der Waals surface area contributed by atoms with E-state index in [4.69, 9.17) is 4.42 Å². The Morgan fingerprint density at radius 3 is 2.59 bits per heavy atom. The Kier molecular flexibility index (Phi) is 5.63. The van der Waals surface area contributed by atoms with Gasteiger partial charge >= 0.3 is 5.63 Å². The van der Waals surface area contributed by atoms with Gasteiger partial charge in [0.15, 0.2) is 0 Å². The van der Waals surface area contributed by atoms with E-state index in [2.05, 4.69) is 6.58 Å². The highest BCUT2D eigenvalue weighted by Crippen LogP contribution is 2.18. The van der Waals surface area contributed by atoms with Crippen LogP contribution in [0.5, 0.6) is 0 Å². The summed E-state index contributed by atoms with van der Waals surface area (Å²) in [6.45, 7) is 5.21. The largest absolute Gasteiger partial charge is 0.422 e. The lowest BCUT2D eigenvalue weighted by Crippen LogP contribution is -2.12. The SMILES string of the molecule is C=C(C)C(=O)SCCSC(=O)c1cc2ccccc2oc1=O. The summed E-state index contributed by atoms with van der Waals surface area (Å²) < 4.78 is 5.13. The van der Waals surface area contributed by atoms with Gasteiger partial charge in [0.05, 0.1) is 0 Å². The van der Waals surface area contributed by atoms with Gasteiger partial charge in [-0.2, -0.15) is 0 Å². The molecule has 0 fully saturated rings. The molecule has 0 aliphatic rings. The maximum absolute atomic E-state index is 12.1. The first-order chi connectivity index (χ1) is 10.5. The zero-order valence-corrected chi connectivity index (χ0v) is 13.6. The van der Waals surface area contributed by atoms with Gasteiger partial charge in [-0.3, -0.25) is 9.59 Å². The summed E-state index contributed by atoms with van der Waals surface area (Å²) >= 11 is 2.12. The molecule has 0 aliphatic carbocycles. The van der Waals surface area contributed by atoms with Gasteiger partial charge in [0, 0.05) is 16.9 Å². The van der Waals surface area contributed by atoms with Crippen molar-refractivity contribution in [3.8, 4) is 0 Å². The van der Waals surface area contributed by atoms with Gasteiger partial charge in [0.1, 0.15) is 11.1 Å². The number of para-hydroxylation sites is 1. The minimum absolute atomic E-state index is 0.0277. The molecule has 1 aromatic heterocycles. The molecule has 0 saturated heterocycles. The number of thioether (sulfide) groups is 2. The summed E-state index contributed by atoms with van der Waals surface area (Å²) in [7, 11) is 0. The molecule has 0 N–H and O–H groups in total. The highest BCUT2D eigenvalue weighted by atomic mass is 32.2. The van der Waals surface area contributed by atoms with Crippen LogP contribution in [0.2, 0.25) is 0 Å². The molecule has 0 saturated carbocycles. The average Bonchev–Trinajstić information content (AvgIpc) is 2.50. The molecule has 22 heavy (non-hydrogen) atoms. The van der Waals surface area contributed by atoms with Crippen LogP contribution in [0.3, 0.4) is 0 Å². The minimum atomic E-state index is -0.637. The van der Waals surface area contributed by atoms with Crippen LogP contribution < -0.4 is 5.63 Å². The number of rotatable bonds is 5. The smallest absolute Gasteiger partial charge is 0.348 e. The van der Waals surface area contributed by atoms with Gasteiger partial charge in [0.25, 0.3) is 0 Å². The van der Waals surface area contributed by atoms with Crippen LogP contribution in [-0.2, 0) is 4.79 Å². The first-order valence-corrected chi connectivity index (χ1v) is 8.49. The number of carbonyl (C=O) groups excluding carboxylic acids is 2. The van der Waals surface area contributed by atoms with Crippen LogP contribution in [-0.4, -0.2) is 21.7 Å². The van der Waals surface area contributed by atoms with E-state index in [1.807, 2.05) is 6.07 Å². The van der Waals surface area contributed by atoms with Crippen molar-refractivity contribution in [2.24, 2.45) is 0 Å². The van der Waals surface area contributed by atoms with Gasteiger partial charge in [-0.1, -0.05) is 48.3 Å². The molecule has 6 heteroatoms. The molecule has 2 aromatic rings. The Balaban J connectivity index is 2.01. The maximum atomic E-state index is 12.1. The normalized spacial score (nSPS) is 10.6. The minimum Gasteiger partial charge on any atom is -0.422 e. The summed E-state index contributed by atoms with van der Waals surface area (Å²) in [5.74, 6) is 0.926. The lowest BCUT2D eigenvalue weighted by atomic mass is 10.2. The molecule has 0 aliphatic heterocycles. The fraction of sp³-hybridized carbons (Fsp3) is 0.188. The highest BCUT2D eigenvalue weighted by Gasteiger charge is 2.14. The predicted molar refractivity (Wildman–Crippen MR) is 91.6 cm³/mol. The monoisotopic (exact) mass is 334 g/mol. The van der Waals surface area contributed by atoms with Crippen molar-refractivity contribution in [2.75, 3.05) is 11.5 Å². The van der Waals surface area contributed by atoms with Crippen LogP contribution in [0.4, 0.5) is 0 Å². The van der Waals surface area contributed by atoms with Crippen molar-refractivity contribution in [3.63, 3.8) is 0 Å². The molecular weight excluding hydrogens is 320 g/mol. The first-order valence-electron chi connectivity index (χ1n) is 6.51. The molecule has 1 heterocycles. The molecule has 0 amide bonds. The number of hydrogen-bond acceptors (Lipinski definition) is 6. The number of hydrogen-bond donors (Lipinski definition) is 0. The van der Waals surface area contributed by atoms with Gasteiger partial charge in [-0.15, -0.1) is 0 Å². The zero-order valence-electron chi connectivity index (χ0n) is 12.0. The summed E-state index contributed by atoms with van der Waals surface area (Å²) in [6, 6.07) is 8.57. The van der Waals surface area contributed by atoms with E-state index in [1.165, 1.54) is 0 Å². The van der Waals surface area contributed by atoms with Crippen LogP contribution >= 0.6 is 23.5 Å². The number of carbonyl (C=O) groups is 2. The Hall–Kier alpha value is -1.79. The van der Waals surface area contributed by atoms with Crippen molar-refractivity contribution in [3.05, 3.63) is 58.5 Å². The fourth-order valence-corrected chi connectivity index (χ4v) is 3.26. The van der Waals surface area contributed by atoms with Gasteiger partial charge in [-0.05, 0) is 24.6 Å². The third kappa shape index (κ3) is 4.11. The molecular formula is C16H14O4S2. The van der Waals surface area contributed by atoms with Gasteiger partial charge < -0.3 is 4.42 Å². The third-order valence-corrected chi connectivity index (χ3v) is 4.93. The van der Waals surface area contributed by atoms with Gasteiger partial charge in [-0.25, -0.2) is 4.79 Å². The van der Waals surface area contributed by atoms with Crippen molar-refractivity contribution in [1.29, 1.82) is 0 Å². The molecule has 0 atom stereocenters. The van der Waals surface area contributed by atoms with Crippen LogP contribution in [0.15, 0.2) is 51.7 Å². The second-order valence-corrected chi connectivity index (χ2v) is 6.67. The van der Waals surface area contributed by atoms with E-state index in [0.29, 0.717) is 28.0 Å². The quantitative estimate of drug-likeness (QED) is 0.474. The first kappa shape index (κ1) is 16.6. The second-order valence-electron chi connectivity index (χ2n) is 4.54. The van der Waals surface area contributed by atoms with E-state index in [0.717, 1.165) is 23.5 Å². The lowest BCUT2D eigenvalue weighted by Gasteiger charge is -2.02. The van der Waals surface area contributed by atoms with E-state index in [-0.39, 0.29) is 15.8 Å². The van der Waals surface area contributed by atoms with Crippen molar-refractivity contribution in [1.82, 2.24) is 0 Å². The molecule has 0 radical (unpaired) electrons. The van der Waals surface area contributed by atoms with Gasteiger partial charge in [0.2, 0.25) is 10.2 Å². The van der Waals surface area contributed by atoms with Crippen molar-refractivity contribution >= 4 is 44.7 Å². The summed E-state index contributed by atoms with van der Waals surface area (Å²) in [6.07, 6.45) is 0. The third-order valence-electron chi connectivity index (χ3n) is 2.76. The summed E-state index contributed by atoms with van der Waals surface area (Å²) in [4.78, 5) is 35.3. The van der Waals surface area contributed by atoms with E-state index >= 15 is 0 Å². The molecule has 1 aromatic carbocycles. The van der Waals surface area contributed by atoms with Crippen LogP contribution in [0.1, 0.15) is 17.3 Å². The molecule has 4 nitrogen and oxygen atoms in total. The van der Waals surface area contributed by atoms with Crippen LogP contribution in [0.25, 0.3) is 11.0 Å². The topological polar surface area (TPSA) is 64.3 Å². The summed E-state index contributed by atoms with van der Waals surface area (Å²) in [5.41, 5.74) is 0.329. The molecule has 2 rings (SSSR count). The Bertz CT molecular complexity index is 792. The maximum Gasteiger partial charge on any atom is 0.348 e. The second kappa shape index (κ2) is 7.47. The standard InChI is InChI=1S/C16H14O4S2/c1-10(2)15(18)21-7-8-22-16(19)12-9-11-5-3-4-6-13(11)20-14(12)17/h3-6,9H,1,7-8H2,2H3. The Morgan fingerprint density at radius 1 is 1.18 bits per heavy atom. The van der Waals surface area contributed by atoms with Crippen LogP contribution in [0, 0.1) is 0 Å². The van der Waals surface area contributed by atoms with Crippen molar-refractivity contribution < 1.29 is 14.0 Å². The fourth-order valence-electron chi connectivity index (χ4n) is 1.67. The summed E-state index contributed by atoms with van der Waals surface area (Å²) in [5, 5.41) is 0.277. The molecule has 0 spiro atoms. The van der Waals surface area contributed by atoms with E-state index < -0.39 is 5.63 Å². The number of benzene rings is 1. The Labute approximate surface area is 136 Å². The molecule has 0 unspecified atom stereocenters. The molecule has 114 valence electrons. The predicted octanol–water partition coefficient (Wildman–Crippen LogP) is 3.50. The highest BCUT2D eigenvalue weighted by molar-refractivity contribution is 8.17.